The Kier molecular flexibility index (Phi) is 3.48. The van der Waals surface area contributed by atoms with E-state index in [9.17, 15) is 4.39 Å². The van der Waals surface area contributed by atoms with Gasteiger partial charge in [0.2, 0.25) is 0 Å². The number of hydrogen-bond donors (Lipinski definition) is 1. The topological polar surface area (TPSA) is 26.0 Å². The maximum Gasteiger partial charge on any atom is 0.138 e. The SMILES string of the molecule is Cc1ccc(F)c(C#CCCN)c1. The quantitative estimate of drug-likeness (QED) is 0.651. The molecule has 68 valence electrons. The van der Waals surface area contributed by atoms with Crippen molar-refractivity contribution in [2.75, 3.05) is 6.54 Å². The summed E-state index contributed by atoms with van der Waals surface area (Å²) in [6.45, 7) is 2.42. The van der Waals surface area contributed by atoms with Crippen LogP contribution < -0.4 is 5.73 Å². The van der Waals surface area contributed by atoms with E-state index in [0.717, 1.165) is 5.56 Å². The minimum absolute atomic E-state index is 0.268. The third kappa shape index (κ3) is 2.89. The molecule has 0 saturated heterocycles. The van der Waals surface area contributed by atoms with E-state index in [1.807, 2.05) is 6.92 Å². The standard InChI is InChI=1S/C11H12FN/c1-9-5-6-11(12)10(8-9)4-2-3-7-13/h5-6,8H,3,7,13H2,1H3. The van der Waals surface area contributed by atoms with E-state index in [2.05, 4.69) is 11.8 Å². The van der Waals surface area contributed by atoms with Gasteiger partial charge in [-0.25, -0.2) is 4.39 Å². The zero-order valence-electron chi connectivity index (χ0n) is 7.60. The van der Waals surface area contributed by atoms with Crippen LogP contribution in [0.4, 0.5) is 4.39 Å². The molecule has 0 heterocycles. The van der Waals surface area contributed by atoms with Crippen LogP contribution in [-0.4, -0.2) is 6.54 Å². The summed E-state index contributed by atoms with van der Waals surface area (Å²) < 4.78 is 13.1. The summed E-state index contributed by atoms with van der Waals surface area (Å²) in [6.07, 6.45) is 0.605. The first kappa shape index (κ1) is 9.76. The molecular formula is C11H12FN. The summed E-state index contributed by atoms with van der Waals surface area (Å²) in [7, 11) is 0. The molecule has 0 amide bonds. The summed E-state index contributed by atoms with van der Waals surface area (Å²) in [5.74, 6) is 5.29. The Bertz CT molecular complexity index is 347. The van der Waals surface area contributed by atoms with Crippen molar-refractivity contribution < 1.29 is 4.39 Å². The van der Waals surface area contributed by atoms with Crippen LogP contribution in [0.2, 0.25) is 0 Å². The van der Waals surface area contributed by atoms with Crippen LogP contribution in [0.3, 0.4) is 0 Å². The molecule has 0 fully saturated rings. The minimum Gasteiger partial charge on any atom is -0.330 e. The van der Waals surface area contributed by atoms with Crippen LogP contribution >= 0.6 is 0 Å². The maximum atomic E-state index is 13.1. The van der Waals surface area contributed by atoms with Crippen LogP contribution in [-0.2, 0) is 0 Å². The van der Waals surface area contributed by atoms with Crippen molar-refractivity contribution in [2.45, 2.75) is 13.3 Å². The van der Waals surface area contributed by atoms with Crippen molar-refractivity contribution >= 4 is 0 Å². The van der Waals surface area contributed by atoms with Gasteiger partial charge in [-0.1, -0.05) is 17.9 Å². The number of rotatable bonds is 1. The van der Waals surface area contributed by atoms with Crippen molar-refractivity contribution in [3.8, 4) is 11.8 Å². The van der Waals surface area contributed by atoms with E-state index in [0.29, 0.717) is 18.5 Å². The largest absolute Gasteiger partial charge is 0.330 e. The molecule has 1 aromatic carbocycles. The van der Waals surface area contributed by atoms with Gasteiger partial charge in [-0.15, -0.1) is 0 Å². The van der Waals surface area contributed by atoms with E-state index in [1.54, 1.807) is 12.1 Å². The predicted octanol–water partition coefficient (Wildman–Crippen LogP) is 1.83. The first-order valence-corrected chi connectivity index (χ1v) is 4.19. The van der Waals surface area contributed by atoms with Crippen LogP contribution in [0, 0.1) is 24.6 Å². The highest BCUT2D eigenvalue weighted by molar-refractivity contribution is 5.38. The molecule has 0 aliphatic carbocycles. The molecule has 0 aliphatic rings. The van der Waals surface area contributed by atoms with Gasteiger partial charge in [0.15, 0.2) is 0 Å². The van der Waals surface area contributed by atoms with Gasteiger partial charge in [-0.2, -0.15) is 0 Å². The lowest BCUT2D eigenvalue weighted by atomic mass is 10.1. The van der Waals surface area contributed by atoms with Gasteiger partial charge in [0.25, 0.3) is 0 Å². The third-order valence-electron chi connectivity index (χ3n) is 1.61. The molecule has 0 saturated carbocycles. The van der Waals surface area contributed by atoms with E-state index >= 15 is 0 Å². The second-order valence-electron chi connectivity index (χ2n) is 2.82. The van der Waals surface area contributed by atoms with E-state index in [1.165, 1.54) is 6.07 Å². The van der Waals surface area contributed by atoms with E-state index < -0.39 is 0 Å². The van der Waals surface area contributed by atoms with Crippen molar-refractivity contribution in [1.82, 2.24) is 0 Å². The first-order valence-electron chi connectivity index (χ1n) is 4.19. The molecular weight excluding hydrogens is 165 g/mol. The third-order valence-corrected chi connectivity index (χ3v) is 1.61. The zero-order valence-corrected chi connectivity index (χ0v) is 7.60. The first-order chi connectivity index (χ1) is 6.24. The van der Waals surface area contributed by atoms with Crippen molar-refractivity contribution in [1.29, 1.82) is 0 Å². The molecule has 0 spiro atoms. The van der Waals surface area contributed by atoms with Crippen LogP contribution in [0.15, 0.2) is 18.2 Å². The number of benzene rings is 1. The average Bonchev–Trinajstić information content (AvgIpc) is 2.11. The molecule has 0 unspecified atom stereocenters. The van der Waals surface area contributed by atoms with Gasteiger partial charge in [0.1, 0.15) is 5.82 Å². The maximum absolute atomic E-state index is 13.1. The Labute approximate surface area is 77.8 Å². The lowest BCUT2D eigenvalue weighted by Crippen LogP contribution is -1.95. The molecule has 13 heavy (non-hydrogen) atoms. The summed E-state index contributed by atoms with van der Waals surface area (Å²) in [5, 5.41) is 0. The van der Waals surface area contributed by atoms with Crippen molar-refractivity contribution in [3.05, 3.63) is 35.1 Å². The Balaban J connectivity index is 2.89. The number of aryl methyl sites for hydroxylation is 1. The zero-order chi connectivity index (χ0) is 9.68. The number of hydrogen-bond acceptors (Lipinski definition) is 1. The summed E-state index contributed by atoms with van der Waals surface area (Å²) in [6, 6.07) is 4.89. The molecule has 2 N–H and O–H groups in total. The summed E-state index contributed by atoms with van der Waals surface area (Å²) in [5.41, 5.74) is 6.73. The van der Waals surface area contributed by atoms with Crippen molar-refractivity contribution in [3.63, 3.8) is 0 Å². The lowest BCUT2D eigenvalue weighted by molar-refractivity contribution is 0.624. The van der Waals surface area contributed by atoms with Crippen molar-refractivity contribution in [2.24, 2.45) is 5.73 Å². The normalized spacial score (nSPS) is 9.15. The Morgan fingerprint density at radius 1 is 1.46 bits per heavy atom. The Morgan fingerprint density at radius 3 is 2.92 bits per heavy atom. The van der Waals surface area contributed by atoms with Crippen LogP contribution in [0.1, 0.15) is 17.5 Å². The minimum atomic E-state index is -0.268. The fraction of sp³-hybridized carbons (Fsp3) is 0.273. The smallest absolute Gasteiger partial charge is 0.138 e. The Hall–Kier alpha value is -1.33. The van der Waals surface area contributed by atoms with Crippen LogP contribution in [0.5, 0.6) is 0 Å². The highest BCUT2D eigenvalue weighted by Crippen LogP contribution is 2.08. The average molecular weight is 177 g/mol. The molecule has 0 aliphatic heterocycles. The van der Waals surface area contributed by atoms with Gasteiger partial charge >= 0.3 is 0 Å². The van der Waals surface area contributed by atoms with E-state index in [-0.39, 0.29) is 5.82 Å². The number of nitrogens with two attached hydrogens (primary N) is 1. The lowest BCUT2D eigenvalue weighted by Gasteiger charge is -1.95. The van der Waals surface area contributed by atoms with Gasteiger partial charge in [-0.05, 0) is 24.6 Å². The van der Waals surface area contributed by atoms with Gasteiger partial charge < -0.3 is 5.73 Å². The van der Waals surface area contributed by atoms with Gasteiger partial charge in [0, 0.05) is 13.0 Å². The monoisotopic (exact) mass is 177 g/mol. The molecule has 2 heteroatoms. The molecule has 0 bridgehead atoms. The molecule has 1 aromatic rings. The molecule has 1 nitrogen and oxygen atoms in total. The predicted molar refractivity (Wildman–Crippen MR) is 51.7 cm³/mol. The fourth-order valence-corrected chi connectivity index (χ4v) is 0.965. The number of halogens is 1. The highest BCUT2D eigenvalue weighted by Gasteiger charge is 1.97. The Morgan fingerprint density at radius 2 is 2.23 bits per heavy atom. The molecule has 1 rings (SSSR count). The van der Waals surface area contributed by atoms with Gasteiger partial charge in [-0.3, -0.25) is 0 Å². The van der Waals surface area contributed by atoms with E-state index in [4.69, 9.17) is 5.73 Å². The molecule has 0 atom stereocenters. The second kappa shape index (κ2) is 4.64. The second-order valence-corrected chi connectivity index (χ2v) is 2.82. The molecule has 0 aromatic heterocycles. The molecule has 0 radical (unpaired) electrons. The van der Waals surface area contributed by atoms with Gasteiger partial charge in [0.05, 0.1) is 5.56 Å². The van der Waals surface area contributed by atoms with Crippen LogP contribution in [0.25, 0.3) is 0 Å². The summed E-state index contributed by atoms with van der Waals surface area (Å²) >= 11 is 0. The summed E-state index contributed by atoms with van der Waals surface area (Å²) in [4.78, 5) is 0. The fourth-order valence-electron chi connectivity index (χ4n) is 0.965. The highest BCUT2D eigenvalue weighted by atomic mass is 19.1.